The molecular formula is C15H28N4O. The Morgan fingerprint density at radius 2 is 2.30 bits per heavy atom. The Hall–Kier alpha value is -0.910. The molecule has 20 heavy (non-hydrogen) atoms. The van der Waals surface area contributed by atoms with Crippen LogP contribution >= 0.6 is 0 Å². The largest absolute Gasteiger partial charge is 0.378 e. The van der Waals surface area contributed by atoms with Crippen molar-refractivity contribution in [3.63, 3.8) is 0 Å². The molecule has 1 aliphatic heterocycles. The van der Waals surface area contributed by atoms with Crippen molar-refractivity contribution in [2.45, 2.75) is 70.6 Å². The Balaban J connectivity index is 1.90. The first kappa shape index (κ1) is 15.5. The third-order valence-corrected chi connectivity index (χ3v) is 4.24. The summed E-state index contributed by atoms with van der Waals surface area (Å²) in [7, 11) is 0. The SMILES string of the molecule is CCC(CC)n1ccc(CC(CC2CCCO2)NN)n1. The van der Waals surface area contributed by atoms with Gasteiger partial charge in [-0.2, -0.15) is 5.10 Å². The number of rotatable bonds is 8. The third kappa shape index (κ3) is 4.04. The minimum Gasteiger partial charge on any atom is -0.378 e. The molecule has 5 heteroatoms. The Morgan fingerprint density at radius 1 is 1.50 bits per heavy atom. The van der Waals surface area contributed by atoms with Crippen LogP contribution in [0.3, 0.4) is 0 Å². The molecule has 5 nitrogen and oxygen atoms in total. The fourth-order valence-electron chi connectivity index (χ4n) is 2.96. The number of nitrogens with one attached hydrogen (secondary N) is 1. The van der Waals surface area contributed by atoms with Gasteiger partial charge in [0.05, 0.1) is 17.8 Å². The summed E-state index contributed by atoms with van der Waals surface area (Å²) >= 11 is 0. The van der Waals surface area contributed by atoms with Crippen LogP contribution < -0.4 is 11.3 Å². The summed E-state index contributed by atoms with van der Waals surface area (Å²) < 4.78 is 7.77. The second-order valence-electron chi connectivity index (χ2n) is 5.70. The van der Waals surface area contributed by atoms with Crippen LogP contribution in [-0.4, -0.2) is 28.5 Å². The van der Waals surface area contributed by atoms with E-state index in [4.69, 9.17) is 15.7 Å². The van der Waals surface area contributed by atoms with Gasteiger partial charge in [-0.15, -0.1) is 0 Å². The van der Waals surface area contributed by atoms with Gasteiger partial charge < -0.3 is 4.74 Å². The Morgan fingerprint density at radius 3 is 2.90 bits per heavy atom. The van der Waals surface area contributed by atoms with Crippen LogP contribution in [0.2, 0.25) is 0 Å². The lowest BCUT2D eigenvalue weighted by molar-refractivity contribution is 0.0945. The van der Waals surface area contributed by atoms with Gasteiger partial charge in [-0.3, -0.25) is 16.0 Å². The van der Waals surface area contributed by atoms with E-state index >= 15 is 0 Å². The number of hydrogen-bond donors (Lipinski definition) is 2. The molecule has 1 aliphatic rings. The van der Waals surface area contributed by atoms with Gasteiger partial charge in [0, 0.05) is 25.3 Å². The van der Waals surface area contributed by atoms with E-state index in [9.17, 15) is 0 Å². The monoisotopic (exact) mass is 280 g/mol. The van der Waals surface area contributed by atoms with E-state index in [0.29, 0.717) is 12.1 Å². The van der Waals surface area contributed by atoms with Crippen molar-refractivity contribution >= 4 is 0 Å². The highest BCUT2D eigenvalue weighted by Gasteiger charge is 2.21. The van der Waals surface area contributed by atoms with E-state index in [1.165, 1.54) is 6.42 Å². The summed E-state index contributed by atoms with van der Waals surface area (Å²) in [6.07, 6.45) is 8.84. The van der Waals surface area contributed by atoms with Gasteiger partial charge in [0.15, 0.2) is 0 Å². The third-order valence-electron chi connectivity index (χ3n) is 4.24. The molecule has 2 atom stereocenters. The zero-order chi connectivity index (χ0) is 14.4. The minimum absolute atomic E-state index is 0.239. The van der Waals surface area contributed by atoms with Crippen molar-refractivity contribution in [2.24, 2.45) is 5.84 Å². The van der Waals surface area contributed by atoms with E-state index in [1.807, 2.05) is 0 Å². The average molecular weight is 280 g/mol. The number of nitrogens with two attached hydrogens (primary N) is 1. The molecule has 1 aromatic rings. The molecule has 0 spiro atoms. The fourth-order valence-corrected chi connectivity index (χ4v) is 2.96. The number of ether oxygens (including phenoxy) is 1. The van der Waals surface area contributed by atoms with E-state index < -0.39 is 0 Å². The smallest absolute Gasteiger partial charge is 0.0640 e. The molecule has 3 N–H and O–H groups in total. The van der Waals surface area contributed by atoms with Crippen LogP contribution in [0.5, 0.6) is 0 Å². The molecule has 0 saturated carbocycles. The first-order chi connectivity index (χ1) is 9.76. The molecule has 0 aromatic carbocycles. The number of hydrogen-bond acceptors (Lipinski definition) is 4. The maximum Gasteiger partial charge on any atom is 0.0640 e. The van der Waals surface area contributed by atoms with Gasteiger partial charge in [-0.25, -0.2) is 0 Å². The van der Waals surface area contributed by atoms with Crippen LogP contribution in [-0.2, 0) is 11.2 Å². The lowest BCUT2D eigenvalue weighted by atomic mass is 10.0. The van der Waals surface area contributed by atoms with Crippen molar-refractivity contribution < 1.29 is 4.74 Å². The average Bonchev–Trinajstić information content (AvgIpc) is 3.12. The number of aromatic nitrogens is 2. The predicted molar refractivity (Wildman–Crippen MR) is 80.3 cm³/mol. The van der Waals surface area contributed by atoms with Crippen LogP contribution in [0.25, 0.3) is 0 Å². The quantitative estimate of drug-likeness (QED) is 0.566. The maximum atomic E-state index is 5.68. The van der Waals surface area contributed by atoms with Crippen LogP contribution in [0.1, 0.15) is 57.7 Å². The molecule has 2 rings (SSSR count). The lowest BCUT2D eigenvalue weighted by Gasteiger charge is -2.18. The highest BCUT2D eigenvalue weighted by Crippen LogP contribution is 2.19. The zero-order valence-corrected chi connectivity index (χ0v) is 12.7. The minimum atomic E-state index is 0.239. The van der Waals surface area contributed by atoms with E-state index in [2.05, 4.69) is 36.2 Å². The van der Waals surface area contributed by atoms with Gasteiger partial charge in [-0.05, 0) is 38.2 Å². The molecule has 2 unspecified atom stereocenters. The van der Waals surface area contributed by atoms with Crippen LogP contribution in [0, 0.1) is 0 Å². The van der Waals surface area contributed by atoms with E-state index in [-0.39, 0.29) is 6.04 Å². The molecular weight excluding hydrogens is 252 g/mol. The molecule has 1 saturated heterocycles. The second kappa shape index (κ2) is 7.76. The van der Waals surface area contributed by atoms with Gasteiger partial charge >= 0.3 is 0 Å². The standard InChI is InChI=1S/C15H28N4O/c1-3-14(4-2)19-8-7-12(18-19)10-13(17-16)11-15-6-5-9-20-15/h7-8,13-15,17H,3-6,9-11,16H2,1-2H3. The van der Waals surface area contributed by atoms with Gasteiger partial charge in [0.2, 0.25) is 0 Å². The number of hydrazine groups is 1. The molecule has 114 valence electrons. The Bertz CT molecular complexity index is 383. The normalized spacial score (nSPS) is 20.7. The van der Waals surface area contributed by atoms with Gasteiger partial charge in [-0.1, -0.05) is 13.8 Å². The summed E-state index contributed by atoms with van der Waals surface area (Å²) in [5, 5.41) is 4.69. The second-order valence-corrected chi connectivity index (χ2v) is 5.70. The van der Waals surface area contributed by atoms with Crippen molar-refractivity contribution in [2.75, 3.05) is 6.61 Å². The Kier molecular flexibility index (Phi) is 6.01. The summed E-state index contributed by atoms with van der Waals surface area (Å²) in [6.45, 7) is 5.31. The van der Waals surface area contributed by atoms with Crippen molar-refractivity contribution in [1.82, 2.24) is 15.2 Å². The molecule has 0 bridgehead atoms. The lowest BCUT2D eigenvalue weighted by Crippen LogP contribution is -2.39. The van der Waals surface area contributed by atoms with Gasteiger partial charge in [0.1, 0.15) is 0 Å². The predicted octanol–water partition coefficient (Wildman–Crippen LogP) is 2.19. The van der Waals surface area contributed by atoms with Crippen LogP contribution in [0.15, 0.2) is 12.3 Å². The summed E-state index contributed by atoms with van der Waals surface area (Å²) in [4.78, 5) is 0. The summed E-state index contributed by atoms with van der Waals surface area (Å²) in [6, 6.07) is 2.85. The number of nitrogens with zero attached hydrogens (tertiary/aromatic N) is 2. The summed E-state index contributed by atoms with van der Waals surface area (Å²) in [5.41, 5.74) is 4.02. The fraction of sp³-hybridized carbons (Fsp3) is 0.800. The highest BCUT2D eigenvalue weighted by molar-refractivity contribution is 5.02. The summed E-state index contributed by atoms with van der Waals surface area (Å²) in [5.74, 6) is 5.68. The molecule has 1 aromatic heterocycles. The molecule has 1 fully saturated rings. The molecule has 0 radical (unpaired) electrons. The molecule has 0 amide bonds. The topological polar surface area (TPSA) is 65.1 Å². The highest BCUT2D eigenvalue weighted by atomic mass is 16.5. The Labute approximate surface area is 121 Å². The van der Waals surface area contributed by atoms with E-state index in [1.54, 1.807) is 0 Å². The van der Waals surface area contributed by atoms with Gasteiger partial charge in [0.25, 0.3) is 0 Å². The van der Waals surface area contributed by atoms with Crippen molar-refractivity contribution in [3.05, 3.63) is 18.0 Å². The zero-order valence-electron chi connectivity index (χ0n) is 12.7. The maximum absolute atomic E-state index is 5.68. The van der Waals surface area contributed by atoms with Crippen molar-refractivity contribution in [1.29, 1.82) is 0 Å². The molecule has 0 aliphatic carbocycles. The first-order valence-corrected chi connectivity index (χ1v) is 7.88. The van der Waals surface area contributed by atoms with Crippen LogP contribution in [0.4, 0.5) is 0 Å². The molecule has 2 heterocycles. The van der Waals surface area contributed by atoms with Crippen molar-refractivity contribution in [3.8, 4) is 0 Å². The first-order valence-electron chi connectivity index (χ1n) is 7.88. The van der Waals surface area contributed by atoms with E-state index in [0.717, 1.165) is 44.4 Å².